The quantitative estimate of drug-likeness (QED) is 0.900. The van der Waals surface area contributed by atoms with E-state index < -0.39 is 0 Å². The number of pyridine rings is 1. The van der Waals surface area contributed by atoms with E-state index >= 15 is 0 Å². The summed E-state index contributed by atoms with van der Waals surface area (Å²) in [6, 6.07) is 3.73. The summed E-state index contributed by atoms with van der Waals surface area (Å²) < 4.78 is 5.41. The topological polar surface area (TPSA) is 72.8 Å². The second-order valence-electron chi connectivity index (χ2n) is 3.20. The van der Waals surface area contributed by atoms with Gasteiger partial charge >= 0.3 is 6.01 Å². The summed E-state index contributed by atoms with van der Waals surface area (Å²) in [6.45, 7) is 1.89. The number of nitrogens with one attached hydrogen (secondary N) is 1. The molecule has 0 saturated heterocycles. The standard InChI is InChI=1S/C10H10ClN5O/c1-6-3-4-7(5-13-6)17-10-15-8(11)14-9(12-2)16-10/h3-5H,1-2H3,(H,12,14,15,16). The smallest absolute Gasteiger partial charge is 0.328 e. The number of rotatable bonds is 3. The summed E-state index contributed by atoms with van der Waals surface area (Å²) in [4.78, 5) is 15.8. The van der Waals surface area contributed by atoms with Gasteiger partial charge in [0.2, 0.25) is 11.2 Å². The van der Waals surface area contributed by atoms with Gasteiger partial charge in [0, 0.05) is 12.7 Å². The highest BCUT2D eigenvalue weighted by atomic mass is 35.5. The van der Waals surface area contributed by atoms with Crippen LogP contribution >= 0.6 is 11.6 Å². The van der Waals surface area contributed by atoms with Crippen LogP contribution in [0.4, 0.5) is 5.95 Å². The molecule has 0 atom stereocenters. The second-order valence-corrected chi connectivity index (χ2v) is 3.54. The lowest BCUT2D eigenvalue weighted by molar-refractivity contribution is 0.438. The molecule has 2 aromatic rings. The van der Waals surface area contributed by atoms with Crippen LogP contribution in [0.3, 0.4) is 0 Å². The molecular formula is C10H10ClN5O. The lowest BCUT2D eigenvalue weighted by Gasteiger charge is -2.05. The van der Waals surface area contributed by atoms with Crippen molar-refractivity contribution in [1.29, 1.82) is 0 Å². The number of aryl methyl sites for hydroxylation is 1. The molecule has 0 aromatic carbocycles. The van der Waals surface area contributed by atoms with Crippen molar-refractivity contribution in [2.24, 2.45) is 0 Å². The monoisotopic (exact) mass is 251 g/mol. The lowest BCUT2D eigenvalue weighted by atomic mass is 10.4. The lowest BCUT2D eigenvalue weighted by Crippen LogP contribution is -2.01. The van der Waals surface area contributed by atoms with E-state index in [4.69, 9.17) is 16.3 Å². The summed E-state index contributed by atoms with van der Waals surface area (Å²) >= 11 is 5.72. The molecule has 0 fully saturated rings. The Morgan fingerprint density at radius 3 is 2.71 bits per heavy atom. The van der Waals surface area contributed by atoms with Gasteiger partial charge in [0.15, 0.2) is 0 Å². The molecule has 2 heterocycles. The van der Waals surface area contributed by atoms with Crippen LogP contribution in [-0.2, 0) is 0 Å². The van der Waals surface area contributed by atoms with Crippen LogP contribution in [-0.4, -0.2) is 27.0 Å². The fraction of sp³-hybridized carbons (Fsp3) is 0.200. The zero-order valence-electron chi connectivity index (χ0n) is 9.31. The Labute approximate surface area is 103 Å². The Hall–Kier alpha value is -1.95. The van der Waals surface area contributed by atoms with Crippen molar-refractivity contribution in [2.45, 2.75) is 6.92 Å². The average Bonchev–Trinajstić information content (AvgIpc) is 2.31. The SMILES string of the molecule is CNc1nc(Cl)nc(Oc2ccc(C)nc2)n1. The molecule has 0 aliphatic rings. The van der Waals surface area contributed by atoms with Crippen LogP contribution in [0.5, 0.6) is 11.8 Å². The number of anilines is 1. The van der Waals surface area contributed by atoms with Gasteiger partial charge in [-0.25, -0.2) is 0 Å². The third-order valence-corrected chi connectivity index (χ3v) is 2.07. The van der Waals surface area contributed by atoms with E-state index in [0.717, 1.165) is 5.69 Å². The highest BCUT2D eigenvalue weighted by molar-refractivity contribution is 6.28. The van der Waals surface area contributed by atoms with Gasteiger partial charge in [-0.3, -0.25) is 4.98 Å². The molecular weight excluding hydrogens is 242 g/mol. The molecule has 7 heteroatoms. The maximum absolute atomic E-state index is 5.72. The molecule has 1 N–H and O–H groups in total. The fourth-order valence-electron chi connectivity index (χ4n) is 1.11. The third-order valence-electron chi connectivity index (χ3n) is 1.90. The maximum atomic E-state index is 5.72. The van der Waals surface area contributed by atoms with Crippen molar-refractivity contribution in [3.63, 3.8) is 0 Å². The average molecular weight is 252 g/mol. The van der Waals surface area contributed by atoms with E-state index in [9.17, 15) is 0 Å². The van der Waals surface area contributed by atoms with E-state index in [0.29, 0.717) is 11.7 Å². The van der Waals surface area contributed by atoms with Crippen molar-refractivity contribution < 1.29 is 4.74 Å². The van der Waals surface area contributed by atoms with Gasteiger partial charge in [0.25, 0.3) is 0 Å². The molecule has 2 rings (SSSR count). The number of ether oxygens (including phenoxy) is 1. The largest absolute Gasteiger partial charge is 0.422 e. The first-order chi connectivity index (χ1) is 8.17. The number of nitrogens with zero attached hydrogens (tertiary/aromatic N) is 4. The van der Waals surface area contributed by atoms with Crippen LogP contribution < -0.4 is 10.1 Å². The van der Waals surface area contributed by atoms with Gasteiger partial charge in [-0.1, -0.05) is 0 Å². The molecule has 0 radical (unpaired) electrons. The molecule has 2 aromatic heterocycles. The van der Waals surface area contributed by atoms with Crippen molar-refractivity contribution in [3.05, 3.63) is 29.3 Å². The molecule has 0 spiro atoms. The zero-order valence-corrected chi connectivity index (χ0v) is 10.1. The zero-order chi connectivity index (χ0) is 12.3. The van der Waals surface area contributed by atoms with Gasteiger partial charge in [0.1, 0.15) is 5.75 Å². The van der Waals surface area contributed by atoms with Crippen molar-refractivity contribution in [3.8, 4) is 11.8 Å². The van der Waals surface area contributed by atoms with Gasteiger partial charge < -0.3 is 10.1 Å². The van der Waals surface area contributed by atoms with E-state index in [1.165, 1.54) is 0 Å². The van der Waals surface area contributed by atoms with E-state index in [1.54, 1.807) is 19.3 Å². The summed E-state index contributed by atoms with van der Waals surface area (Å²) in [6.07, 6.45) is 1.59. The fourth-order valence-corrected chi connectivity index (χ4v) is 1.26. The molecule has 0 unspecified atom stereocenters. The highest BCUT2D eigenvalue weighted by Crippen LogP contribution is 2.18. The predicted octanol–water partition coefficient (Wildman–Crippen LogP) is 2.06. The second kappa shape index (κ2) is 4.92. The molecule has 0 aliphatic carbocycles. The van der Waals surface area contributed by atoms with Gasteiger partial charge in [-0.2, -0.15) is 15.0 Å². The number of hydrogen-bond donors (Lipinski definition) is 1. The summed E-state index contributed by atoms with van der Waals surface area (Å²) in [5, 5.41) is 2.83. The normalized spacial score (nSPS) is 10.1. The van der Waals surface area contributed by atoms with Crippen LogP contribution in [0.1, 0.15) is 5.69 Å². The minimum Gasteiger partial charge on any atom is -0.422 e. The molecule has 0 aliphatic heterocycles. The van der Waals surface area contributed by atoms with Crippen LogP contribution in [0.15, 0.2) is 18.3 Å². The summed E-state index contributed by atoms with van der Waals surface area (Å²) in [5.74, 6) is 0.889. The van der Waals surface area contributed by atoms with Crippen LogP contribution in [0, 0.1) is 6.92 Å². The Bertz CT molecular complexity index is 517. The van der Waals surface area contributed by atoms with Gasteiger partial charge in [0.05, 0.1) is 6.20 Å². The van der Waals surface area contributed by atoms with Crippen LogP contribution in [0.2, 0.25) is 5.28 Å². The first kappa shape index (κ1) is 11.5. The summed E-state index contributed by atoms with van der Waals surface area (Å²) in [7, 11) is 1.68. The van der Waals surface area contributed by atoms with E-state index in [2.05, 4.69) is 25.3 Å². The first-order valence-corrected chi connectivity index (χ1v) is 5.25. The Morgan fingerprint density at radius 1 is 1.24 bits per heavy atom. The van der Waals surface area contributed by atoms with Crippen LogP contribution in [0.25, 0.3) is 0 Å². The Balaban J connectivity index is 2.23. The molecule has 0 bridgehead atoms. The highest BCUT2D eigenvalue weighted by Gasteiger charge is 2.06. The number of hydrogen-bond acceptors (Lipinski definition) is 6. The Kier molecular flexibility index (Phi) is 3.34. The maximum Gasteiger partial charge on any atom is 0.328 e. The molecule has 88 valence electrons. The number of halogens is 1. The minimum atomic E-state index is 0.0689. The minimum absolute atomic E-state index is 0.0689. The predicted molar refractivity (Wildman–Crippen MR) is 63.4 cm³/mol. The molecule has 0 saturated carbocycles. The van der Waals surface area contributed by atoms with Gasteiger partial charge in [-0.15, -0.1) is 0 Å². The third kappa shape index (κ3) is 3.01. The molecule has 0 amide bonds. The van der Waals surface area contributed by atoms with Crippen molar-refractivity contribution in [1.82, 2.24) is 19.9 Å². The number of aromatic nitrogens is 4. The van der Waals surface area contributed by atoms with Gasteiger partial charge in [-0.05, 0) is 30.7 Å². The van der Waals surface area contributed by atoms with Crippen molar-refractivity contribution in [2.75, 3.05) is 12.4 Å². The first-order valence-electron chi connectivity index (χ1n) is 4.87. The summed E-state index contributed by atoms with van der Waals surface area (Å²) in [5.41, 5.74) is 0.905. The van der Waals surface area contributed by atoms with Crippen molar-refractivity contribution >= 4 is 17.5 Å². The van der Waals surface area contributed by atoms with E-state index in [1.807, 2.05) is 13.0 Å². The van der Waals surface area contributed by atoms with E-state index in [-0.39, 0.29) is 11.3 Å². The molecule has 17 heavy (non-hydrogen) atoms. The Morgan fingerprint density at radius 2 is 2.06 bits per heavy atom. The molecule has 6 nitrogen and oxygen atoms in total.